The SMILES string of the molecule is Cc1cccc(Cc2cnn(C(=O)NC3COc4ccccc4N(C)C3=O)c2)c1. The molecule has 1 N–H and O–H groups in total. The molecule has 1 atom stereocenters. The van der Waals surface area contributed by atoms with Gasteiger partial charge in [0.2, 0.25) is 0 Å². The van der Waals surface area contributed by atoms with Crippen molar-refractivity contribution < 1.29 is 14.3 Å². The molecule has 7 nitrogen and oxygen atoms in total. The van der Waals surface area contributed by atoms with Crippen LogP contribution >= 0.6 is 0 Å². The summed E-state index contributed by atoms with van der Waals surface area (Å²) in [7, 11) is 1.67. The predicted molar refractivity (Wildman–Crippen MR) is 109 cm³/mol. The quantitative estimate of drug-likeness (QED) is 0.746. The van der Waals surface area contributed by atoms with Crippen LogP contribution in [-0.4, -0.2) is 41.4 Å². The molecule has 3 aromatic rings. The Hall–Kier alpha value is -3.61. The molecule has 148 valence electrons. The third-order valence-corrected chi connectivity index (χ3v) is 4.89. The summed E-state index contributed by atoms with van der Waals surface area (Å²) in [5.41, 5.74) is 3.92. The summed E-state index contributed by atoms with van der Waals surface area (Å²) in [5, 5.41) is 6.87. The summed E-state index contributed by atoms with van der Waals surface area (Å²) < 4.78 is 6.95. The van der Waals surface area contributed by atoms with Gasteiger partial charge >= 0.3 is 6.03 Å². The standard InChI is InChI=1S/C22H22N4O3/c1-15-6-5-7-16(10-15)11-17-12-23-26(13-17)22(28)24-18-14-29-20-9-4-3-8-19(20)25(2)21(18)27/h3-10,12-13,18H,11,14H2,1-2H3,(H,24,28). The normalized spacial score (nSPS) is 16.0. The number of ether oxygens (including phenoxy) is 1. The molecule has 0 bridgehead atoms. The van der Waals surface area contributed by atoms with Crippen LogP contribution in [0, 0.1) is 6.92 Å². The zero-order chi connectivity index (χ0) is 20.4. The monoisotopic (exact) mass is 390 g/mol. The van der Waals surface area contributed by atoms with Crippen molar-refractivity contribution in [2.45, 2.75) is 19.4 Å². The molecule has 0 spiro atoms. The van der Waals surface area contributed by atoms with E-state index in [4.69, 9.17) is 4.74 Å². The summed E-state index contributed by atoms with van der Waals surface area (Å²) in [5.74, 6) is 0.370. The second kappa shape index (κ2) is 7.79. The molecule has 0 saturated heterocycles. The lowest BCUT2D eigenvalue weighted by Gasteiger charge is -2.20. The summed E-state index contributed by atoms with van der Waals surface area (Å²) >= 11 is 0. The van der Waals surface area contributed by atoms with Crippen LogP contribution in [0.15, 0.2) is 60.9 Å². The Kier molecular flexibility index (Phi) is 5.03. The van der Waals surface area contributed by atoms with Crippen LogP contribution in [0.1, 0.15) is 16.7 Å². The molecular formula is C22H22N4O3. The number of fused-ring (bicyclic) bond motifs is 1. The fraction of sp³-hybridized carbons (Fsp3) is 0.227. The summed E-state index contributed by atoms with van der Waals surface area (Å²) in [6.07, 6.45) is 4.02. The van der Waals surface area contributed by atoms with Gasteiger partial charge < -0.3 is 15.0 Å². The fourth-order valence-corrected chi connectivity index (χ4v) is 3.39. The maximum absolute atomic E-state index is 12.8. The third kappa shape index (κ3) is 3.99. The van der Waals surface area contributed by atoms with Gasteiger partial charge in [0.1, 0.15) is 18.4 Å². The van der Waals surface area contributed by atoms with Crippen LogP contribution in [0.3, 0.4) is 0 Å². The molecule has 0 aliphatic carbocycles. The molecule has 0 fully saturated rings. The van der Waals surface area contributed by atoms with Gasteiger partial charge in [-0.2, -0.15) is 9.78 Å². The highest BCUT2D eigenvalue weighted by Crippen LogP contribution is 2.29. The lowest BCUT2D eigenvalue weighted by atomic mass is 10.1. The van der Waals surface area contributed by atoms with E-state index in [1.807, 2.05) is 43.3 Å². The van der Waals surface area contributed by atoms with E-state index in [-0.39, 0.29) is 12.5 Å². The average Bonchev–Trinajstić information content (AvgIpc) is 3.14. The van der Waals surface area contributed by atoms with Crippen molar-refractivity contribution in [1.29, 1.82) is 0 Å². The number of hydrogen-bond acceptors (Lipinski definition) is 4. The Labute approximate surface area is 168 Å². The van der Waals surface area contributed by atoms with E-state index >= 15 is 0 Å². The highest BCUT2D eigenvalue weighted by molar-refractivity contribution is 6.00. The highest BCUT2D eigenvalue weighted by Gasteiger charge is 2.30. The molecule has 4 rings (SSSR count). The lowest BCUT2D eigenvalue weighted by molar-refractivity contribution is -0.120. The average molecular weight is 390 g/mol. The van der Waals surface area contributed by atoms with Crippen LogP contribution in [-0.2, 0) is 11.2 Å². The number of aromatic nitrogens is 2. The number of likely N-dealkylation sites (N-methyl/N-ethyl adjacent to an activating group) is 1. The van der Waals surface area contributed by atoms with Gasteiger partial charge in [0, 0.05) is 19.7 Å². The van der Waals surface area contributed by atoms with Gasteiger partial charge in [-0.1, -0.05) is 42.0 Å². The van der Waals surface area contributed by atoms with Crippen molar-refractivity contribution in [1.82, 2.24) is 15.1 Å². The van der Waals surface area contributed by atoms with Crippen LogP contribution in [0.5, 0.6) is 5.75 Å². The maximum atomic E-state index is 12.8. The first-order chi connectivity index (χ1) is 14.0. The molecule has 1 unspecified atom stereocenters. The number of carbonyl (C=O) groups is 2. The molecule has 1 aliphatic heterocycles. The van der Waals surface area contributed by atoms with Gasteiger partial charge in [-0.25, -0.2) is 4.79 Å². The first-order valence-electron chi connectivity index (χ1n) is 9.40. The largest absolute Gasteiger partial charge is 0.489 e. The highest BCUT2D eigenvalue weighted by atomic mass is 16.5. The first kappa shape index (κ1) is 18.7. The van der Waals surface area contributed by atoms with Crippen molar-refractivity contribution in [2.75, 3.05) is 18.6 Å². The van der Waals surface area contributed by atoms with Crippen LogP contribution in [0.25, 0.3) is 0 Å². The van der Waals surface area contributed by atoms with E-state index in [0.29, 0.717) is 17.9 Å². The molecule has 2 amide bonds. The van der Waals surface area contributed by atoms with Gasteiger partial charge in [0.05, 0.1) is 11.9 Å². The zero-order valence-electron chi connectivity index (χ0n) is 16.3. The number of nitrogens with one attached hydrogen (secondary N) is 1. The minimum absolute atomic E-state index is 0.0589. The van der Waals surface area contributed by atoms with Crippen molar-refractivity contribution in [3.63, 3.8) is 0 Å². The Morgan fingerprint density at radius 1 is 1.21 bits per heavy atom. The van der Waals surface area contributed by atoms with Crippen LogP contribution < -0.4 is 15.0 Å². The Bertz CT molecular complexity index is 1060. The van der Waals surface area contributed by atoms with E-state index < -0.39 is 12.1 Å². The van der Waals surface area contributed by atoms with Crippen molar-refractivity contribution in [3.8, 4) is 5.75 Å². The molecule has 2 aromatic carbocycles. The Morgan fingerprint density at radius 2 is 2.03 bits per heavy atom. The Balaban J connectivity index is 1.44. The van der Waals surface area contributed by atoms with E-state index in [1.54, 1.807) is 25.5 Å². The van der Waals surface area contributed by atoms with E-state index in [2.05, 4.69) is 16.5 Å². The number of nitrogens with zero attached hydrogens (tertiary/aromatic N) is 3. The summed E-state index contributed by atoms with van der Waals surface area (Å²) in [4.78, 5) is 26.9. The molecule has 2 heterocycles. The molecule has 0 saturated carbocycles. The molecule has 0 radical (unpaired) electrons. The van der Waals surface area contributed by atoms with Gasteiger partial charge in [0.25, 0.3) is 5.91 Å². The Morgan fingerprint density at radius 3 is 2.86 bits per heavy atom. The minimum Gasteiger partial charge on any atom is -0.489 e. The number of benzene rings is 2. The topological polar surface area (TPSA) is 76.5 Å². The molecule has 29 heavy (non-hydrogen) atoms. The molecule has 1 aliphatic rings. The maximum Gasteiger partial charge on any atom is 0.342 e. The molecular weight excluding hydrogens is 368 g/mol. The number of aryl methyl sites for hydroxylation is 1. The number of anilines is 1. The summed E-state index contributed by atoms with van der Waals surface area (Å²) in [6.45, 7) is 2.10. The number of hydrogen-bond donors (Lipinski definition) is 1. The van der Waals surface area contributed by atoms with Gasteiger partial charge in [-0.15, -0.1) is 0 Å². The third-order valence-electron chi connectivity index (χ3n) is 4.89. The van der Waals surface area contributed by atoms with Crippen LogP contribution in [0.4, 0.5) is 10.5 Å². The smallest absolute Gasteiger partial charge is 0.342 e. The van der Waals surface area contributed by atoms with Gasteiger partial charge in [-0.05, 0) is 30.2 Å². The van der Waals surface area contributed by atoms with Gasteiger partial charge in [0.15, 0.2) is 0 Å². The second-order valence-electron chi connectivity index (χ2n) is 7.14. The number of amides is 2. The number of para-hydroxylation sites is 2. The zero-order valence-corrected chi connectivity index (χ0v) is 16.3. The predicted octanol–water partition coefficient (Wildman–Crippen LogP) is 2.76. The van der Waals surface area contributed by atoms with Crippen molar-refractivity contribution in [2.24, 2.45) is 0 Å². The van der Waals surface area contributed by atoms with E-state index in [9.17, 15) is 9.59 Å². The first-order valence-corrected chi connectivity index (χ1v) is 9.40. The van der Waals surface area contributed by atoms with Crippen molar-refractivity contribution in [3.05, 3.63) is 77.6 Å². The second-order valence-corrected chi connectivity index (χ2v) is 7.14. The molecule has 1 aromatic heterocycles. The number of carbonyl (C=O) groups excluding carboxylic acids is 2. The van der Waals surface area contributed by atoms with E-state index in [0.717, 1.165) is 11.1 Å². The summed E-state index contributed by atoms with van der Waals surface area (Å²) in [6, 6.07) is 14.2. The van der Waals surface area contributed by atoms with Crippen LogP contribution in [0.2, 0.25) is 0 Å². The minimum atomic E-state index is -0.802. The number of rotatable bonds is 3. The van der Waals surface area contributed by atoms with E-state index in [1.165, 1.54) is 15.1 Å². The molecule has 7 heteroatoms. The fourth-order valence-electron chi connectivity index (χ4n) is 3.39. The van der Waals surface area contributed by atoms with Gasteiger partial charge in [-0.3, -0.25) is 4.79 Å². The van der Waals surface area contributed by atoms with Crippen molar-refractivity contribution >= 4 is 17.6 Å². The lowest BCUT2D eigenvalue weighted by Crippen LogP contribution is -2.50.